The summed E-state index contributed by atoms with van der Waals surface area (Å²) in [6.45, 7) is 1.83. The maximum atomic E-state index is 12.8. The summed E-state index contributed by atoms with van der Waals surface area (Å²) in [5, 5.41) is 2.73. The normalized spacial score (nSPS) is 11.5. The molecule has 0 saturated heterocycles. The van der Waals surface area contributed by atoms with E-state index in [0.29, 0.717) is 9.17 Å². The molecule has 0 radical (unpaired) electrons. The van der Waals surface area contributed by atoms with Gasteiger partial charge in [-0.3, -0.25) is 0 Å². The largest absolute Gasteiger partial charge is 0.266 e. The van der Waals surface area contributed by atoms with E-state index in [2.05, 4.69) is 15.9 Å². The number of aryl methyl sites for hydroxylation is 1. The lowest BCUT2D eigenvalue weighted by molar-refractivity contribution is 0.152. The highest BCUT2D eigenvalue weighted by Crippen LogP contribution is 2.38. The highest BCUT2D eigenvalue weighted by molar-refractivity contribution is 9.10. The smallest absolute Gasteiger partial charge is 0.205 e. The fourth-order valence-corrected chi connectivity index (χ4v) is 3.00. The molecule has 0 aliphatic heterocycles. The zero-order valence-corrected chi connectivity index (χ0v) is 9.75. The summed E-state index contributed by atoms with van der Waals surface area (Å²) in [5.74, 6) is 0. The first kappa shape index (κ1) is 10.1. The van der Waals surface area contributed by atoms with Crippen molar-refractivity contribution in [1.82, 2.24) is 0 Å². The van der Waals surface area contributed by atoms with Crippen LogP contribution in [0, 0.1) is 6.92 Å². The van der Waals surface area contributed by atoms with Crippen molar-refractivity contribution in [2.45, 2.75) is 13.3 Å². The Morgan fingerprint density at radius 1 is 1.43 bits per heavy atom. The Labute approximate surface area is 92.7 Å². The van der Waals surface area contributed by atoms with Gasteiger partial charge in [0.15, 0.2) is 0 Å². The van der Waals surface area contributed by atoms with Crippen LogP contribution in [0.4, 0.5) is 8.78 Å². The number of fused-ring (bicyclic) bond motifs is 1. The fraction of sp³-hybridized carbons (Fsp3) is 0.200. The van der Waals surface area contributed by atoms with Gasteiger partial charge in [0.05, 0.1) is 0 Å². The summed E-state index contributed by atoms with van der Waals surface area (Å²) >= 11 is 4.57. The molecule has 14 heavy (non-hydrogen) atoms. The second-order valence-corrected chi connectivity index (χ2v) is 4.77. The van der Waals surface area contributed by atoms with Crippen LogP contribution in [-0.4, -0.2) is 0 Å². The van der Waals surface area contributed by atoms with Crippen LogP contribution in [0.1, 0.15) is 17.6 Å². The molecule has 0 saturated carbocycles. The molecule has 0 bridgehead atoms. The second kappa shape index (κ2) is 3.59. The molecule has 0 aliphatic rings. The van der Waals surface area contributed by atoms with E-state index >= 15 is 0 Å². The van der Waals surface area contributed by atoms with E-state index in [-0.39, 0.29) is 5.56 Å². The first-order valence-corrected chi connectivity index (χ1v) is 5.73. The molecule has 0 unspecified atom stereocenters. The molecular weight excluding hydrogens is 270 g/mol. The number of alkyl halides is 2. The van der Waals surface area contributed by atoms with Crippen LogP contribution >= 0.6 is 27.3 Å². The van der Waals surface area contributed by atoms with Crippen molar-refractivity contribution in [3.05, 3.63) is 33.1 Å². The van der Waals surface area contributed by atoms with Crippen LogP contribution in [0.15, 0.2) is 22.0 Å². The third-order valence-electron chi connectivity index (χ3n) is 2.11. The molecule has 0 amide bonds. The summed E-state index contributed by atoms with van der Waals surface area (Å²) in [6, 6.07) is 3.78. The molecular formula is C10H7BrF2S. The number of benzene rings is 1. The average Bonchev–Trinajstić information content (AvgIpc) is 2.52. The van der Waals surface area contributed by atoms with Gasteiger partial charge in [-0.1, -0.05) is 0 Å². The topological polar surface area (TPSA) is 0 Å². The number of thiophene rings is 1. The van der Waals surface area contributed by atoms with E-state index in [1.54, 1.807) is 0 Å². The lowest BCUT2D eigenvalue weighted by Gasteiger charge is -2.07. The molecule has 0 N–H and O–H groups in total. The maximum absolute atomic E-state index is 12.8. The molecule has 1 aromatic heterocycles. The third kappa shape index (κ3) is 1.46. The van der Waals surface area contributed by atoms with Crippen LogP contribution in [0.3, 0.4) is 0 Å². The lowest BCUT2D eigenvalue weighted by atomic mass is 10.1. The van der Waals surface area contributed by atoms with E-state index in [0.717, 1.165) is 10.9 Å². The summed E-state index contributed by atoms with van der Waals surface area (Å²) < 4.78 is 26.8. The molecule has 4 heteroatoms. The minimum Gasteiger partial charge on any atom is -0.205 e. The van der Waals surface area contributed by atoms with Gasteiger partial charge in [-0.15, -0.1) is 11.3 Å². The summed E-state index contributed by atoms with van der Waals surface area (Å²) in [4.78, 5) is 0. The Hall–Kier alpha value is -0.480. The second-order valence-electron chi connectivity index (χ2n) is 3.06. The number of rotatable bonds is 1. The first-order valence-electron chi connectivity index (χ1n) is 4.05. The van der Waals surface area contributed by atoms with E-state index in [1.807, 2.05) is 24.4 Å². The number of hydrogen-bond acceptors (Lipinski definition) is 1. The molecule has 0 aliphatic carbocycles. The molecule has 0 fully saturated rings. The zero-order valence-electron chi connectivity index (χ0n) is 7.35. The van der Waals surface area contributed by atoms with Crippen LogP contribution in [0.25, 0.3) is 10.1 Å². The summed E-state index contributed by atoms with van der Waals surface area (Å²) in [7, 11) is 0. The summed E-state index contributed by atoms with van der Waals surface area (Å²) in [6.07, 6.45) is -2.43. The van der Waals surface area contributed by atoms with Gasteiger partial charge in [0, 0.05) is 14.7 Å². The molecule has 0 spiro atoms. The van der Waals surface area contributed by atoms with Gasteiger partial charge >= 0.3 is 0 Å². The Balaban J connectivity index is 2.86. The quantitative estimate of drug-likeness (QED) is 0.694. The molecule has 0 atom stereocenters. The van der Waals surface area contributed by atoms with Gasteiger partial charge in [0.25, 0.3) is 6.43 Å². The standard InChI is InChI=1S/C10H7BrF2S/c1-5-4-6-2-3-14-9(6)7(8(5)11)10(12)13/h2-4,10H,1H3. The van der Waals surface area contributed by atoms with Crippen molar-refractivity contribution >= 4 is 37.4 Å². The number of hydrogen-bond donors (Lipinski definition) is 0. The van der Waals surface area contributed by atoms with Gasteiger partial charge in [-0.25, -0.2) is 8.78 Å². The Bertz CT molecular complexity index is 476. The van der Waals surface area contributed by atoms with Gasteiger partial charge < -0.3 is 0 Å². The van der Waals surface area contributed by atoms with Gasteiger partial charge in [0.2, 0.25) is 0 Å². The van der Waals surface area contributed by atoms with E-state index < -0.39 is 6.43 Å². The molecule has 2 aromatic rings. The summed E-state index contributed by atoms with van der Waals surface area (Å²) in [5.41, 5.74) is 0.973. The highest BCUT2D eigenvalue weighted by atomic mass is 79.9. The van der Waals surface area contributed by atoms with Crippen LogP contribution < -0.4 is 0 Å². The van der Waals surface area contributed by atoms with E-state index in [1.165, 1.54) is 11.3 Å². The molecule has 1 heterocycles. The van der Waals surface area contributed by atoms with Crippen molar-refractivity contribution in [1.29, 1.82) is 0 Å². The predicted octanol–water partition coefficient (Wildman–Crippen LogP) is 4.91. The zero-order chi connectivity index (χ0) is 10.3. The number of halogens is 3. The van der Waals surface area contributed by atoms with Crippen molar-refractivity contribution < 1.29 is 8.78 Å². The monoisotopic (exact) mass is 276 g/mol. The van der Waals surface area contributed by atoms with Crippen LogP contribution in [-0.2, 0) is 0 Å². The Morgan fingerprint density at radius 2 is 2.14 bits per heavy atom. The van der Waals surface area contributed by atoms with Gasteiger partial charge in [-0.2, -0.15) is 0 Å². The fourth-order valence-electron chi connectivity index (χ4n) is 1.46. The molecule has 2 rings (SSSR count). The molecule has 0 nitrogen and oxygen atoms in total. The van der Waals surface area contributed by atoms with Crippen LogP contribution in [0.5, 0.6) is 0 Å². The minimum absolute atomic E-state index is 0.120. The maximum Gasteiger partial charge on any atom is 0.266 e. The van der Waals surface area contributed by atoms with E-state index in [9.17, 15) is 8.78 Å². The first-order chi connectivity index (χ1) is 6.61. The van der Waals surface area contributed by atoms with E-state index in [4.69, 9.17) is 0 Å². The van der Waals surface area contributed by atoms with Gasteiger partial charge in [-0.05, 0) is 51.3 Å². The molecule has 1 aromatic carbocycles. The van der Waals surface area contributed by atoms with Crippen LogP contribution in [0.2, 0.25) is 0 Å². The van der Waals surface area contributed by atoms with Crippen molar-refractivity contribution in [3.8, 4) is 0 Å². The van der Waals surface area contributed by atoms with Crippen molar-refractivity contribution in [3.63, 3.8) is 0 Å². The predicted molar refractivity (Wildman–Crippen MR) is 59.2 cm³/mol. The SMILES string of the molecule is Cc1cc2ccsc2c(C(F)F)c1Br. The van der Waals surface area contributed by atoms with Crippen molar-refractivity contribution in [2.75, 3.05) is 0 Å². The highest BCUT2D eigenvalue weighted by Gasteiger charge is 2.18. The third-order valence-corrected chi connectivity index (χ3v) is 4.13. The van der Waals surface area contributed by atoms with Gasteiger partial charge in [0.1, 0.15) is 0 Å². The lowest BCUT2D eigenvalue weighted by Crippen LogP contribution is -1.89. The molecule has 74 valence electrons. The Morgan fingerprint density at radius 3 is 2.79 bits per heavy atom. The average molecular weight is 277 g/mol. The minimum atomic E-state index is -2.43. The Kier molecular flexibility index (Phi) is 2.58. The van der Waals surface area contributed by atoms with Crippen molar-refractivity contribution in [2.24, 2.45) is 0 Å².